The van der Waals surface area contributed by atoms with Crippen molar-refractivity contribution in [3.8, 4) is 0 Å². The maximum Gasteiger partial charge on any atom is 0.256 e. The summed E-state index contributed by atoms with van der Waals surface area (Å²) in [6.07, 6.45) is 12.1. The van der Waals surface area contributed by atoms with Crippen LogP contribution in [0, 0.1) is 13.8 Å². The van der Waals surface area contributed by atoms with Crippen molar-refractivity contribution in [1.29, 1.82) is 0 Å². The van der Waals surface area contributed by atoms with Crippen molar-refractivity contribution in [2.45, 2.75) is 65.2 Å². The third kappa shape index (κ3) is 6.09. The lowest BCUT2D eigenvalue weighted by molar-refractivity contribution is 0.0783. The van der Waals surface area contributed by atoms with E-state index in [4.69, 9.17) is 4.98 Å². The number of rotatable bonds is 8. The highest BCUT2D eigenvalue weighted by Crippen LogP contribution is 2.34. The molecule has 0 bridgehead atoms. The number of carbonyl (C=O) groups excluding carboxylic acids is 1. The zero-order valence-corrected chi connectivity index (χ0v) is 23.5. The van der Waals surface area contributed by atoms with Gasteiger partial charge in [0.1, 0.15) is 0 Å². The van der Waals surface area contributed by atoms with Crippen LogP contribution >= 0.6 is 0 Å². The van der Waals surface area contributed by atoms with Crippen molar-refractivity contribution in [3.05, 3.63) is 112 Å². The molecule has 1 aliphatic rings. The van der Waals surface area contributed by atoms with Crippen molar-refractivity contribution in [2.24, 2.45) is 7.05 Å². The quantitative estimate of drug-likeness (QED) is 0.283. The average Bonchev–Trinajstić information content (AvgIpc) is 3.21. The minimum atomic E-state index is 0.00376. The van der Waals surface area contributed by atoms with E-state index in [1.807, 2.05) is 45.7 Å². The van der Waals surface area contributed by atoms with Gasteiger partial charge in [-0.25, -0.2) is 4.98 Å². The summed E-state index contributed by atoms with van der Waals surface area (Å²) in [6.45, 7) is 6.02. The van der Waals surface area contributed by atoms with Gasteiger partial charge in [-0.05, 0) is 67.5 Å². The summed E-state index contributed by atoms with van der Waals surface area (Å²) < 4.78 is 2.10. The highest BCUT2D eigenvalue weighted by atomic mass is 16.2. The van der Waals surface area contributed by atoms with Gasteiger partial charge in [-0.15, -0.1) is 0 Å². The molecule has 3 heterocycles. The smallest absolute Gasteiger partial charge is 0.256 e. The topological polar surface area (TPSA) is 67.2 Å². The summed E-state index contributed by atoms with van der Waals surface area (Å²) in [5.41, 5.74) is 8.55. The van der Waals surface area contributed by atoms with Crippen LogP contribution in [0.15, 0.2) is 67.4 Å². The lowest BCUT2D eigenvalue weighted by Crippen LogP contribution is -2.30. The first-order valence-electron chi connectivity index (χ1n) is 13.8. The molecule has 202 valence electrons. The Balaban J connectivity index is 1.34. The molecule has 0 saturated carbocycles. The van der Waals surface area contributed by atoms with Crippen LogP contribution in [0.4, 0.5) is 0 Å². The molecule has 0 spiro atoms. The van der Waals surface area contributed by atoms with Crippen LogP contribution in [0.1, 0.15) is 75.0 Å². The van der Waals surface area contributed by atoms with E-state index in [9.17, 15) is 4.79 Å². The van der Waals surface area contributed by atoms with Crippen LogP contribution in [0.25, 0.3) is 0 Å². The van der Waals surface area contributed by atoms with E-state index < -0.39 is 0 Å². The van der Waals surface area contributed by atoms with Crippen molar-refractivity contribution in [1.82, 2.24) is 29.3 Å². The Morgan fingerprint density at radius 1 is 0.974 bits per heavy atom. The first-order chi connectivity index (χ1) is 18.9. The maximum absolute atomic E-state index is 13.2. The Hall–Kier alpha value is -3.84. The fourth-order valence-electron chi connectivity index (χ4n) is 5.67. The fraction of sp³-hybridized carbons (Fsp3) is 0.375. The molecule has 1 unspecified atom stereocenters. The molecule has 0 aliphatic heterocycles. The third-order valence-electron chi connectivity index (χ3n) is 7.88. The van der Waals surface area contributed by atoms with Crippen LogP contribution in [0.5, 0.6) is 0 Å². The second-order valence-corrected chi connectivity index (χ2v) is 10.8. The second-order valence-electron chi connectivity index (χ2n) is 10.8. The Labute approximate surface area is 231 Å². The van der Waals surface area contributed by atoms with Gasteiger partial charge in [-0.3, -0.25) is 19.7 Å². The van der Waals surface area contributed by atoms with Gasteiger partial charge in [-0.1, -0.05) is 36.8 Å². The minimum absolute atomic E-state index is 0.00376. The molecule has 7 heteroatoms. The molecule has 4 aromatic rings. The van der Waals surface area contributed by atoms with Crippen LogP contribution in [0.3, 0.4) is 0 Å². The summed E-state index contributed by atoms with van der Waals surface area (Å²) in [6, 6.07) is 15.1. The zero-order valence-electron chi connectivity index (χ0n) is 23.5. The van der Waals surface area contributed by atoms with Crippen molar-refractivity contribution < 1.29 is 4.79 Å². The van der Waals surface area contributed by atoms with Crippen LogP contribution in [0.2, 0.25) is 0 Å². The van der Waals surface area contributed by atoms with Gasteiger partial charge in [0, 0.05) is 52.3 Å². The number of aromatic nitrogens is 4. The van der Waals surface area contributed by atoms with Crippen LogP contribution in [-0.4, -0.2) is 42.3 Å². The second kappa shape index (κ2) is 11.9. The number of nitrogens with zero attached hydrogens (tertiary/aromatic N) is 6. The fourth-order valence-corrected chi connectivity index (χ4v) is 5.67. The third-order valence-corrected chi connectivity index (χ3v) is 7.88. The van der Waals surface area contributed by atoms with Gasteiger partial charge in [0.2, 0.25) is 0 Å². The number of imidazole rings is 1. The largest absolute Gasteiger partial charge is 0.337 e. The molecule has 1 atom stereocenters. The minimum Gasteiger partial charge on any atom is -0.337 e. The van der Waals surface area contributed by atoms with Gasteiger partial charge in [-0.2, -0.15) is 0 Å². The van der Waals surface area contributed by atoms with Gasteiger partial charge >= 0.3 is 0 Å². The number of benzene rings is 1. The molecule has 3 aromatic heterocycles. The number of aryl methyl sites for hydroxylation is 4. The molecule has 7 nitrogen and oxygen atoms in total. The SMILES string of the molecule is Cc1ccnc(C)c1C(=O)N(C)Cc1ccc(CN(Cc2cncn2C)C2CCCCc3cccnc32)cc1. The van der Waals surface area contributed by atoms with Crippen LogP contribution < -0.4 is 0 Å². The molecule has 0 radical (unpaired) electrons. The van der Waals surface area contributed by atoms with E-state index in [-0.39, 0.29) is 11.9 Å². The molecule has 5 rings (SSSR count). The lowest BCUT2D eigenvalue weighted by atomic mass is 10.0. The Morgan fingerprint density at radius 2 is 1.74 bits per heavy atom. The zero-order chi connectivity index (χ0) is 27.4. The Bertz CT molecular complexity index is 1410. The summed E-state index contributed by atoms with van der Waals surface area (Å²) in [5, 5.41) is 0. The number of carbonyl (C=O) groups is 1. The molecule has 0 fully saturated rings. The molecule has 1 aromatic carbocycles. The van der Waals surface area contributed by atoms with Gasteiger partial charge in [0.05, 0.1) is 35.0 Å². The first kappa shape index (κ1) is 26.8. The summed E-state index contributed by atoms with van der Waals surface area (Å²) in [4.78, 5) is 31.0. The van der Waals surface area contributed by atoms with Crippen molar-refractivity contribution in [3.63, 3.8) is 0 Å². The average molecular weight is 523 g/mol. The van der Waals surface area contributed by atoms with E-state index in [0.717, 1.165) is 42.8 Å². The predicted octanol–water partition coefficient (Wildman–Crippen LogP) is 5.57. The molecule has 0 saturated heterocycles. The molecule has 1 aliphatic carbocycles. The monoisotopic (exact) mass is 522 g/mol. The van der Waals surface area contributed by atoms with E-state index in [1.54, 1.807) is 11.1 Å². The normalized spacial score (nSPS) is 15.2. The maximum atomic E-state index is 13.2. The number of hydrogen-bond acceptors (Lipinski definition) is 5. The molecule has 0 N–H and O–H groups in total. The van der Waals surface area contributed by atoms with Gasteiger partial charge < -0.3 is 9.47 Å². The van der Waals surface area contributed by atoms with Gasteiger partial charge in [0.25, 0.3) is 5.91 Å². The number of fused-ring (bicyclic) bond motifs is 1. The van der Waals surface area contributed by atoms with Crippen LogP contribution in [-0.2, 0) is 33.1 Å². The van der Waals surface area contributed by atoms with Crippen molar-refractivity contribution >= 4 is 5.91 Å². The van der Waals surface area contributed by atoms with Gasteiger partial charge in [0.15, 0.2) is 0 Å². The van der Waals surface area contributed by atoms with E-state index in [1.165, 1.54) is 35.4 Å². The summed E-state index contributed by atoms with van der Waals surface area (Å²) in [7, 11) is 3.91. The molecule has 1 amide bonds. The standard InChI is InChI=1S/C32H38N6O/c1-23-15-17-34-24(2)30(23)32(39)36(3)19-25-11-13-26(14-12-25)20-38(21-28-18-33-22-37(28)4)29-10-6-5-8-27-9-7-16-35-31(27)29/h7,9,11-18,22,29H,5-6,8,10,19-21H2,1-4H3. The number of pyridine rings is 2. The van der Waals surface area contributed by atoms with Crippen molar-refractivity contribution in [2.75, 3.05) is 7.05 Å². The predicted molar refractivity (Wildman–Crippen MR) is 153 cm³/mol. The number of amides is 1. The summed E-state index contributed by atoms with van der Waals surface area (Å²) >= 11 is 0. The Morgan fingerprint density at radius 3 is 2.46 bits per heavy atom. The Kier molecular flexibility index (Phi) is 8.17. The van der Waals surface area contributed by atoms with E-state index in [0.29, 0.717) is 12.1 Å². The van der Waals surface area contributed by atoms with E-state index in [2.05, 4.69) is 62.9 Å². The number of hydrogen-bond donors (Lipinski definition) is 0. The first-order valence-corrected chi connectivity index (χ1v) is 13.8. The summed E-state index contributed by atoms with van der Waals surface area (Å²) in [5.74, 6) is 0.00376. The molecular formula is C32H38N6O. The lowest BCUT2D eigenvalue weighted by Gasteiger charge is -2.32. The highest BCUT2D eigenvalue weighted by Gasteiger charge is 2.27. The molecular weight excluding hydrogens is 484 g/mol. The highest BCUT2D eigenvalue weighted by molar-refractivity contribution is 5.96. The molecule has 39 heavy (non-hydrogen) atoms. The van der Waals surface area contributed by atoms with E-state index >= 15 is 0 Å².